The molecular weight excluding hydrogens is 202 g/mol. The molecule has 2 fully saturated rings. The zero-order valence-corrected chi connectivity index (χ0v) is 10.4. The van der Waals surface area contributed by atoms with Gasteiger partial charge >= 0.3 is 5.97 Å². The number of nitrogens with zero attached hydrogens (tertiary/aromatic N) is 1. The zero-order chi connectivity index (χ0) is 11.8. The van der Waals surface area contributed by atoms with Crippen LogP contribution < -0.4 is 0 Å². The Kier molecular flexibility index (Phi) is 3.24. The smallest absolute Gasteiger partial charge is 0.308 e. The molecule has 1 unspecified atom stereocenters. The summed E-state index contributed by atoms with van der Waals surface area (Å²) in [5, 5.41) is 9.36. The number of hydrogen-bond donors (Lipinski definition) is 1. The highest BCUT2D eigenvalue weighted by molar-refractivity contribution is 5.72. The first-order valence-electron chi connectivity index (χ1n) is 6.49. The molecule has 1 spiro atoms. The van der Waals surface area contributed by atoms with Gasteiger partial charge in [-0.1, -0.05) is 26.7 Å². The molecule has 1 saturated carbocycles. The minimum absolute atomic E-state index is 0.112. The topological polar surface area (TPSA) is 40.5 Å². The first kappa shape index (κ1) is 11.9. The van der Waals surface area contributed by atoms with E-state index in [1.54, 1.807) is 0 Å². The minimum Gasteiger partial charge on any atom is -0.481 e. The molecule has 1 atom stereocenters. The summed E-state index contributed by atoms with van der Waals surface area (Å²) in [7, 11) is 0. The summed E-state index contributed by atoms with van der Waals surface area (Å²) in [4.78, 5) is 13.7. The van der Waals surface area contributed by atoms with Gasteiger partial charge in [-0.3, -0.25) is 4.79 Å². The summed E-state index contributed by atoms with van der Waals surface area (Å²) in [5.74, 6) is -0.0621. The maximum atomic E-state index is 11.4. The molecule has 1 aliphatic carbocycles. The van der Waals surface area contributed by atoms with Crippen LogP contribution >= 0.6 is 0 Å². The van der Waals surface area contributed by atoms with Gasteiger partial charge in [-0.05, 0) is 24.2 Å². The van der Waals surface area contributed by atoms with Crippen LogP contribution in [-0.4, -0.2) is 35.6 Å². The van der Waals surface area contributed by atoms with Gasteiger partial charge in [0.1, 0.15) is 0 Å². The average Bonchev–Trinajstić information content (AvgIpc) is 2.74. The Morgan fingerprint density at radius 1 is 1.44 bits per heavy atom. The second kappa shape index (κ2) is 4.36. The van der Waals surface area contributed by atoms with Crippen molar-refractivity contribution in [3.05, 3.63) is 0 Å². The van der Waals surface area contributed by atoms with E-state index < -0.39 is 5.97 Å². The van der Waals surface area contributed by atoms with Gasteiger partial charge in [-0.2, -0.15) is 0 Å². The summed E-state index contributed by atoms with van der Waals surface area (Å²) < 4.78 is 0. The standard InChI is InChI=1S/C13H23NO2/c1-10(2)7-14-8-11(12(15)16)13(9-14)5-3-4-6-13/h10-11H,3-9H2,1-2H3,(H,15,16). The van der Waals surface area contributed by atoms with Crippen LogP contribution in [-0.2, 0) is 4.79 Å². The number of carboxylic acids is 1. The molecule has 1 aliphatic heterocycles. The third-order valence-electron chi connectivity index (χ3n) is 4.24. The van der Waals surface area contributed by atoms with E-state index >= 15 is 0 Å². The molecule has 0 bridgehead atoms. The lowest BCUT2D eigenvalue weighted by Crippen LogP contribution is -2.32. The molecule has 2 rings (SSSR count). The molecule has 0 aromatic rings. The van der Waals surface area contributed by atoms with Crippen molar-refractivity contribution in [3.8, 4) is 0 Å². The summed E-state index contributed by atoms with van der Waals surface area (Å²) in [6.07, 6.45) is 4.69. The molecule has 0 amide bonds. The van der Waals surface area contributed by atoms with E-state index in [0.717, 1.165) is 32.5 Å². The Bertz CT molecular complexity index is 269. The van der Waals surface area contributed by atoms with Crippen molar-refractivity contribution in [3.63, 3.8) is 0 Å². The predicted octanol–water partition coefficient (Wildman–Crippen LogP) is 2.22. The monoisotopic (exact) mass is 225 g/mol. The summed E-state index contributed by atoms with van der Waals surface area (Å²) >= 11 is 0. The SMILES string of the molecule is CC(C)CN1CC(C(=O)O)C2(CCCC2)C1. The van der Waals surface area contributed by atoms with E-state index in [4.69, 9.17) is 0 Å². The van der Waals surface area contributed by atoms with Crippen molar-refractivity contribution in [1.82, 2.24) is 4.90 Å². The number of carboxylic acid groups (broad SMARTS) is 1. The van der Waals surface area contributed by atoms with Crippen LogP contribution in [0, 0.1) is 17.3 Å². The van der Waals surface area contributed by atoms with Gasteiger partial charge in [0, 0.05) is 19.6 Å². The summed E-state index contributed by atoms with van der Waals surface area (Å²) in [5.41, 5.74) is 0.112. The number of likely N-dealkylation sites (tertiary alicyclic amines) is 1. The fourth-order valence-electron chi connectivity index (χ4n) is 3.65. The predicted molar refractivity (Wildman–Crippen MR) is 63.3 cm³/mol. The highest BCUT2D eigenvalue weighted by atomic mass is 16.4. The van der Waals surface area contributed by atoms with E-state index in [1.807, 2.05) is 0 Å². The van der Waals surface area contributed by atoms with Gasteiger partial charge in [-0.25, -0.2) is 0 Å². The van der Waals surface area contributed by atoms with Crippen molar-refractivity contribution < 1.29 is 9.90 Å². The number of carbonyl (C=O) groups is 1. The lowest BCUT2D eigenvalue weighted by molar-refractivity contribution is -0.144. The van der Waals surface area contributed by atoms with Gasteiger partial charge in [-0.15, -0.1) is 0 Å². The fourth-order valence-corrected chi connectivity index (χ4v) is 3.65. The second-order valence-corrected chi connectivity index (χ2v) is 6.05. The molecule has 1 saturated heterocycles. The Labute approximate surface area is 97.8 Å². The Balaban J connectivity index is 2.08. The average molecular weight is 225 g/mol. The van der Waals surface area contributed by atoms with Crippen LogP contribution in [0.5, 0.6) is 0 Å². The Hall–Kier alpha value is -0.570. The molecule has 0 aromatic carbocycles. The van der Waals surface area contributed by atoms with Crippen LogP contribution in [0.25, 0.3) is 0 Å². The largest absolute Gasteiger partial charge is 0.481 e. The fraction of sp³-hybridized carbons (Fsp3) is 0.923. The van der Waals surface area contributed by atoms with Crippen molar-refractivity contribution in [1.29, 1.82) is 0 Å². The third kappa shape index (κ3) is 2.10. The first-order chi connectivity index (χ1) is 7.53. The number of aliphatic carboxylic acids is 1. The molecule has 16 heavy (non-hydrogen) atoms. The lowest BCUT2D eigenvalue weighted by Gasteiger charge is -2.27. The van der Waals surface area contributed by atoms with Crippen LogP contribution in [0.1, 0.15) is 39.5 Å². The van der Waals surface area contributed by atoms with E-state index in [-0.39, 0.29) is 11.3 Å². The molecule has 3 heteroatoms. The second-order valence-electron chi connectivity index (χ2n) is 6.05. The maximum absolute atomic E-state index is 11.4. The number of hydrogen-bond acceptors (Lipinski definition) is 2. The van der Waals surface area contributed by atoms with E-state index in [9.17, 15) is 9.90 Å². The molecule has 0 aromatic heterocycles. The Morgan fingerprint density at radius 2 is 2.06 bits per heavy atom. The summed E-state index contributed by atoms with van der Waals surface area (Å²) in [6, 6.07) is 0. The molecule has 3 nitrogen and oxygen atoms in total. The third-order valence-corrected chi connectivity index (χ3v) is 4.24. The van der Waals surface area contributed by atoms with Crippen molar-refractivity contribution in [2.45, 2.75) is 39.5 Å². The van der Waals surface area contributed by atoms with Crippen LogP contribution in [0.2, 0.25) is 0 Å². The molecule has 2 aliphatic rings. The van der Waals surface area contributed by atoms with Crippen molar-refractivity contribution >= 4 is 5.97 Å². The normalized spacial score (nSPS) is 29.3. The minimum atomic E-state index is -0.576. The van der Waals surface area contributed by atoms with Gasteiger partial charge in [0.15, 0.2) is 0 Å². The van der Waals surface area contributed by atoms with Crippen LogP contribution in [0.4, 0.5) is 0 Å². The molecular formula is C13H23NO2. The van der Waals surface area contributed by atoms with Gasteiger partial charge < -0.3 is 10.0 Å². The van der Waals surface area contributed by atoms with Gasteiger partial charge in [0.2, 0.25) is 0 Å². The highest BCUT2D eigenvalue weighted by Crippen LogP contribution is 2.49. The maximum Gasteiger partial charge on any atom is 0.308 e. The van der Waals surface area contributed by atoms with Crippen molar-refractivity contribution in [2.75, 3.05) is 19.6 Å². The highest BCUT2D eigenvalue weighted by Gasteiger charge is 2.51. The summed E-state index contributed by atoms with van der Waals surface area (Å²) in [6.45, 7) is 7.24. The van der Waals surface area contributed by atoms with Crippen molar-refractivity contribution in [2.24, 2.45) is 17.3 Å². The lowest BCUT2D eigenvalue weighted by atomic mass is 9.76. The van der Waals surface area contributed by atoms with E-state index in [2.05, 4.69) is 18.7 Å². The number of rotatable bonds is 3. The molecule has 1 N–H and O–H groups in total. The Morgan fingerprint density at radius 3 is 2.56 bits per heavy atom. The zero-order valence-electron chi connectivity index (χ0n) is 10.4. The molecule has 1 heterocycles. The molecule has 0 radical (unpaired) electrons. The van der Waals surface area contributed by atoms with Gasteiger partial charge in [0.25, 0.3) is 0 Å². The first-order valence-corrected chi connectivity index (χ1v) is 6.49. The molecule has 92 valence electrons. The van der Waals surface area contributed by atoms with Crippen LogP contribution in [0.3, 0.4) is 0 Å². The van der Waals surface area contributed by atoms with Gasteiger partial charge in [0.05, 0.1) is 5.92 Å². The quantitative estimate of drug-likeness (QED) is 0.800. The van der Waals surface area contributed by atoms with Crippen LogP contribution in [0.15, 0.2) is 0 Å². The van der Waals surface area contributed by atoms with E-state index in [1.165, 1.54) is 12.8 Å². The van der Waals surface area contributed by atoms with E-state index in [0.29, 0.717) is 5.92 Å².